The number of rotatable bonds is 8. The van der Waals surface area contributed by atoms with Gasteiger partial charge in [0.2, 0.25) is 11.1 Å². The molecule has 0 atom stereocenters. The summed E-state index contributed by atoms with van der Waals surface area (Å²) in [5, 5.41) is 19.2. The van der Waals surface area contributed by atoms with E-state index in [-0.39, 0.29) is 5.91 Å². The van der Waals surface area contributed by atoms with E-state index in [4.69, 9.17) is 0 Å². The zero-order chi connectivity index (χ0) is 17.5. The number of aryl methyl sites for hydroxylation is 1. The van der Waals surface area contributed by atoms with Crippen molar-refractivity contribution in [1.29, 1.82) is 0 Å². The molecule has 2 aromatic heterocycles. The second-order valence-corrected chi connectivity index (χ2v) is 7.49. The van der Waals surface area contributed by atoms with Crippen LogP contribution in [-0.4, -0.2) is 53.0 Å². The van der Waals surface area contributed by atoms with Gasteiger partial charge < -0.3 is 4.90 Å². The Balaban J connectivity index is 1.51. The molecule has 0 aromatic carbocycles. The lowest BCUT2D eigenvalue weighted by Crippen LogP contribution is -2.41. The van der Waals surface area contributed by atoms with Gasteiger partial charge in [0, 0.05) is 31.5 Å². The standard InChI is InChI=1S/C16H25N7OS/c1-22-16(19-20-21-22)25-11-5-8-15(24)23(12-13-9-10-17-18-13)14-6-3-2-4-7-14/h9-10,14H,2-8,11-12H2,1H3,(H,17,18). The second-order valence-electron chi connectivity index (χ2n) is 6.43. The van der Waals surface area contributed by atoms with Crippen LogP contribution < -0.4 is 0 Å². The number of aromatic nitrogens is 6. The van der Waals surface area contributed by atoms with Crippen molar-refractivity contribution < 1.29 is 4.79 Å². The average molecular weight is 363 g/mol. The number of hydrogen-bond acceptors (Lipinski definition) is 6. The predicted octanol–water partition coefficient (Wildman–Crippen LogP) is 2.17. The summed E-state index contributed by atoms with van der Waals surface area (Å²) in [7, 11) is 1.82. The molecule has 3 rings (SSSR count). The van der Waals surface area contributed by atoms with Gasteiger partial charge in [0.1, 0.15) is 0 Å². The first-order valence-corrected chi connectivity index (χ1v) is 9.85. The fourth-order valence-electron chi connectivity index (χ4n) is 3.24. The molecule has 9 heteroatoms. The molecule has 25 heavy (non-hydrogen) atoms. The number of tetrazole rings is 1. The van der Waals surface area contributed by atoms with Gasteiger partial charge in [0.15, 0.2) is 0 Å². The number of thioether (sulfide) groups is 1. The molecule has 1 aliphatic carbocycles. The molecule has 1 aliphatic rings. The van der Waals surface area contributed by atoms with Gasteiger partial charge in [-0.25, -0.2) is 4.68 Å². The highest BCUT2D eigenvalue weighted by Crippen LogP contribution is 2.25. The van der Waals surface area contributed by atoms with E-state index < -0.39 is 0 Å². The van der Waals surface area contributed by atoms with E-state index >= 15 is 0 Å². The highest BCUT2D eigenvalue weighted by Gasteiger charge is 2.25. The van der Waals surface area contributed by atoms with Gasteiger partial charge in [0.25, 0.3) is 0 Å². The molecule has 8 nitrogen and oxygen atoms in total. The first-order chi connectivity index (χ1) is 12.2. The molecule has 0 bridgehead atoms. The fraction of sp³-hybridized carbons (Fsp3) is 0.688. The molecule has 1 saturated carbocycles. The third-order valence-corrected chi connectivity index (χ3v) is 5.68. The van der Waals surface area contributed by atoms with Crippen molar-refractivity contribution in [3.63, 3.8) is 0 Å². The maximum atomic E-state index is 12.8. The lowest BCUT2D eigenvalue weighted by Gasteiger charge is -2.34. The maximum absolute atomic E-state index is 12.8. The summed E-state index contributed by atoms with van der Waals surface area (Å²) in [4.78, 5) is 14.9. The van der Waals surface area contributed by atoms with Crippen LogP contribution in [0.2, 0.25) is 0 Å². The lowest BCUT2D eigenvalue weighted by atomic mass is 9.93. The average Bonchev–Trinajstić information content (AvgIpc) is 3.29. The predicted molar refractivity (Wildman–Crippen MR) is 94.8 cm³/mol. The molecule has 1 N–H and O–H groups in total. The maximum Gasteiger partial charge on any atom is 0.223 e. The Hall–Kier alpha value is -1.90. The van der Waals surface area contributed by atoms with E-state index in [0.717, 1.165) is 35.9 Å². The summed E-state index contributed by atoms with van der Waals surface area (Å²) >= 11 is 1.59. The Morgan fingerprint density at radius 1 is 1.40 bits per heavy atom. The van der Waals surface area contributed by atoms with Crippen molar-refractivity contribution in [2.75, 3.05) is 5.75 Å². The molecule has 2 heterocycles. The third kappa shape index (κ3) is 5.04. The zero-order valence-electron chi connectivity index (χ0n) is 14.6. The Bertz CT molecular complexity index is 651. The molecule has 0 aliphatic heterocycles. The number of nitrogens with one attached hydrogen (secondary N) is 1. The summed E-state index contributed by atoms with van der Waals surface area (Å²) in [5.41, 5.74) is 0.999. The minimum absolute atomic E-state index is 0.234. The monoisotopic (exact) mass is 363 g/mol. The van der Waals surface area contributed by atoms with Gasteiger partial charge in [-0.05, 0) is 35.8 Å². The number of amides is 1. The molecule has 0 radical (unpaired) electrons. The Labute approximate surface area is 151 Å². The molecular formula is C16H25N7OS. The molecule has 0 unspecified atom stereocenters. The van der Waals surface area contributed by atoms with Crippen molar-refractivity contribution in [2.24, 2.45) is 7.05 Å². The highest BCUT2D eigenvalue weighted by molar-refractivity contribution is 7.99. The number of carbonyl (C=O) groups is 1. The van der Waals surface area contributed by atoms with E-state index in [1.165, 1.54) is 19.3 Å². The van der Waals surface area contributed by atoms with Crippen molar-refractivity contribution in [3.8, 4) is 0 Å². The quantitative estimate of drug-likeness (QED) is 0.571. The summed E-state index contributed by atoms with van der Waals surface area (Å²) in [6, 6.07) is 2.31. The van der Waals surface area contributed by atoms with E-state index in [9.17, 15) is 4.79 Å². The van der Waals surface area contributed by atoms with Crippen molar-refractivity contribution in [3.05, 3.63) is 18.0 Å². The van der Waals surface area contributed by atoms with E-state index in [2.05, 4.69) is 30.6 Å². The smallest absolute Gasteiger partial charge is 0.223 e. The van der Waals surface area contributed by atoms with Gasteiger partial charge in [-0.15, -0.1) is 5.10 Å². The Morgan fingerprint density at radius 3 is 2.92 bits per heavy atom. The largest absolute Gasteiger partial charge is 0.334 e. The SMILES string of the molecule is Cn1nnnc1SCCCC(=O)N(Cc1ccn[nH]1)C1CCCCC1. The van der Waals surface area contributed by atoms with Crippen LogP contribution >= 0.6 is 11.8 Å². The number of nitrogens with zero attached hydrogens (tertiary/aromatic N) is 6. The summed E-state index contributed by atoms with van der Waals surface area (Å²) in [6.45, 7) is 0.629. The summed E-state index contributed by atoms with van der Waals surface area (Å²) in [5.74, 6) is 1.07. The van der Waals surface area contributed by atoms with Gasteiger partial charge in [-0.1, -0.05) is 31.0 Å². The molecule has 1 fully saturated rings. The second kappa shape index (κ2) is 8.98. The third-order valence-electron chi connectivity index (χ3n) is 4.58. The Kier molecular flexibility index (Phi) is 6.43. The molecule has 1 amide bonds. The zero-order valence-corrected chi connectivity index (χ0v) is 15.4. The van der Waals surface area contributed by atoms with Crippen molar-refractivity contribution >= 4 is 17.7 Å². The van der Waals surface area contributed by atoms with E-state index in [0.29, 0.717) is 19.0 Å². The topological polar surface area (TPSA) is 92.6 Å². The van der Waals surface area contributed by atoms with Crippen molar-refractivity contribution in [1.82, 2.24) is 35.3 Å². The lowest BCUT2D eigenvalue weighted by molar-refractivity contribution is -0.135. The highest BCUT2D eigenvalue weighted by atomic mass is 32.2. The first kappa shape index (κ1) is 17.9. The van der Waals surface area contributed by atoms with Gasteiger partial charge >= 0.3 is 0 Å². The van der Waals surface area contributed by atoms with Crippen LogP contribution in [0.5, 0.6) is 0 Å². The Morgan fingerprint density at radius 2 is 2.24 bits per heavy atom. The van der Waals surface area contributed by atoms with Crippen LogP contribution in [0.1, 0.15) is 50.6 Å². The molecule has 0 spiro atoms. The minimum atomic E-state index is 0.234. The minimum Gasteiger partial charge on any atom is -0.334 e. The molecule has 2 aromatic rings. The number of hydrogen-bond donors (Lipinski definition) is 1. The summed E-state index contributed by atoms with van der Waals surface area (Å²) < 4.78 is 1.65. The summed E-state index contributed by atoms with van der Waals surface area (Å²) in [6.07, 6.45) is 9.05. The van der Waals surface area contributed by atoms with Crippen LogP contribution in [0, 0.1) is 0 Å². The molecule has 0 saturated heterocycles. The first-order valence-electron chi connectivity index (χ1n) is 8.87. The normalized spacial score (nSPS) is 15.4. The number of H-pyrrole nitrogens is 1. The van der Waals surface area contributed by atoms with Gasteiger partial charge in [-0.2, -0.15) is 5.10 Å². The number of aromatic amines is 1. The van der Waals surface area contributed by atoms with Gasteiger partial charge in [0.05, 0.1) is 12.2 Å². The molecular weight excluding hydrogens is 338 g/mol. The van der Waals surface area contributed by atoms with Gasteiger partial charge in [-0.3, -0.25) is 9.89 Å². The van der Waals surface area contributed by atoms with Crippen LogP contribution in [0.3, 0.4) is 0 Å². The van der Waals surface area contributed by atoms with Crippen LogP contribution in [-0.2, 0) is 18.4 Å². The van der Waals surface area contributed by atoms with Crippen LogP contribution in [0.25, 0.3) is 0 Å². The molecule has 136 valence electrons. The van der Waals surface area contributed by atoms with E-state index in [1.54, 1.807) is 22.6 Å². The van der Waals surface area contributed by atoms with Crippen LogP contribution in [0.4, 0.5) is 0 Å². The van der Waals surface area contributed by atoms with Crippen LogP contribution in [0.15, 0.2) is 17.4 Å². The van der Waals surface area contributed by atoms with E-state index in [1.807, 2.05) is 13.1 Å². The number of carbonyl (C=O) groups excluding carboxylic acids is 1. The fourth-order valence-corrected chi connectivity index (χ4v) is 4.03. The van der Waals surface area contributed by atoms with Crippen molar-refractivity contribution in [2.45, 2.75) is 62.7 Å².